The number of nitrogens with two attached hydrogens (primary N) is 1. The summed E-state index contributed by atoms with van der Waals surface area (Å²) in [5, 5.41) is 23.5. The number of benzene rings is 1. The lowest BCUT2D eigenvalue weighted by atomic mass is 10.0. The highest BCUT2D eigenvalue weighted by molar-refractivity contribution is 5.75. The lowest BCUT2D eigenvalue weighted by Gasteiger charge is -2.23. The van der Waals surface area contributed by atoms with Gasteiger partial charge in [-0.15, -0.1) is 0 Å². The molecule has 1 aromatic rings. The first-order valence-corrected chi connectivity index (χ1v) is 8.66. The topological polar surface area (TPSA) is 105 Å². The Bertz CT molecular complexity index is 567. The molecule has 25 heavy (non-hydrogen) atoms. The highest BCUT2D eigenvalue weighted by atomic mass is 16.5. The van der Waals surface area contributed by atoms with Gasteiger partial charge in [-0.2, -0.15) is 0 Å². The van der Waals surface area contributed by atoms with E-state index < -0.39 is 18.1 Å². The molecule has 1 unspecified atom stereocenters. The average Bonchev–Trinajstić information content (AvgIpc) is 2.50. The molecule has 0 aromatic heterocycles. The van der Waals surface area contributed by atoms with Crippen LogP contribution in [0.1, 0.15) is 58.3 Å². The molecule has 2 atom stereocenters. The summed E-state index contributed by atoms with van der Waals surface area (Å²) in [5.41, 5.74) is 6.77. The van der Waals surface area contributed by atoms with Gasteiger partial charge in [-0.3, -0.25) is 4.79 Å². The summed E-state index contributed by atoms with van der Waals surface area (Å²) in [4.78, 5) is 11.9. The molecule has 0 radical (unpaired) electrons. The van der Waals surface area contributed by atoms with Crippen LogP contribution in [0.2, 0.25) is 0 Å². The standard InChI is InChI=1S/C19H32N2O4/c1-12(2)8-15(20)18(24)25-11-14-9-13(6-7-16(14)22)17(23)10-21-19(3,4)5/h6-7,9,12,15,17,21-23H,8,10-11,20H2,1-5H3/t15-,17?/m0/s1. The Labute approximate surface area is 150 Å². The fourth-order valence-electron chi connectivity index (χ4n) is 2.31. The van der Waals surface area contributed by atoms with Crippen LogP contribution in [0.4, 0.5) is 0 Å². The number of aliphatic hydroxyl groups excluding tert-OH is 1. The molecule has 0 aliphatic rings. The van der Waals surface area contributed by atoms with E-state index in [1.807, 2.05) is 34.6 Å². The summed E-state index contributed by atoms with van der Waals surface area (Å²) in [5.74, 6) is -0.178. The van der Waals surface area contributed by atoms with Crippen LogP contribution in [-0.4, -0.2) is 34.3 Å². The number of carbonyl (C=O) groups excluding carboxylic acids is 1. The number of ether oxygens (including phenoxy) is 1. The number of hydrogen-bond acceptors (Lipinski definition) is 6. The van der Waals surface area contributed by atoms with Crippen LogP contribution in [0.5, 0.6) is 5.75 Å². The van der Waals surface area contributed by atoms with Crippen LogP contribution < -0.4 is 11.1 Å². The number of carbonyl (C=O) groups is 1. The molecule has 0 spiro atoms. The molecule has 0 aliphatic heterocycles. The molecule has 0 saturated carbocycles. The van der Waals surface area contributed by atoms with Crippen LogP contribution in [-0.2, 0) is 16.1 Å². The largest absolute Gasteiger partial charge is 0.508 e. The molecule has 0 heterocycles. The first kappa shape index (κ1) is 21.4. The molecule has 6 nitrogen and oxygen atoms in total. The van der Waals surface area contributed by atoms with Gasteiger partial charge in [-0.05, 0) is 50.8 Å². The Balaban J connectivity index is 2.70. The first-order chi connectivity index (χ1) is 11.5. The molecule has 1 rings (SSSR count). The zero-order valence-corrected chi connectivity index (χ0v) is 15.9. The summed E-state index contributed by atoms with van der Waals surface area (Å²) < 4.78 is 5.20. The van der Waals surface area contributed by atoms with Crippen molar-refractivity contribution in [3.63, 3.8) is 0 Å². The number of aromatic hydroxyl groups is 1. The van der Waals surface area contributed by atoms with Crippen molar-refractivity contribution in [2.24, 2.45) is 11.7 Å². The Morgan fingerprint density at radius 1 is 1.32 bits per heavy atom. The van der Waals surface area contributed by atoms with Crippen LogP contribution >= 0.6 is 0 Å². The fraction of sp³-hybridized carbons (Fsp3) is 0.632. The predicted molar refractivity (Wildman–Crippen MR) is 98.0 cm³/mol. The molecule has 1 aromatic carbocycles. The fourth-order valence-corrected chi connectivity index (χ4v) is 2.31. The van der Waals surface area contributed by atoms with E-state index in [0.717, 1.165) is 0 Å². The Morgan fingerprint density at radius 2 is 1.96 bits per heavy atom. The second-order valence-electron chi connectivity index (χ2n) is 7.88. The zero-order valence-electron chi connectivity index (χ0n) is 15.9. The number of nitrogens with one attached hydrogen (secondary N) is 1. The number of phenolic OH excluding ortho intramolecular Hbond substituents is 1. The maximum absolute atomic E-state index is 11.9. The molecule has 0 amide bonds. The molecule has 6 heteroatoms. The lowest BCUT2D eigenvalue weighted by Crippen LogP contribution is -2.38. The van der Waals surface area contributed by atoms with Crippen molar-refractivity contribution < 1.29 is 19.7 Å². The van der Waals surface area contributed by atoms with Gasteiger partial charge in [0.25, 0.3) is 0 Å². The monoisotopic (exact) mass is 352 g/mol. The maximum Gasteiger partial charge on any atom is 0.323 e. The molecule has 0 saturated heterocycles. The number of rotatable bonds is 8. The average molecular weight is 352 g/mol. The van der Waals surface area contributed by atoms with Crippen LogP contribution in [0.3, 0.4) is 0 Å². The summed E-state index contributed by atoms with van der Waals surface area (Å²) in [7, 11) is 0. The van der Waals surface area contributed by atoms with E-state index in [9.17, 15) is 15.0 Å². The summed E-state index contributed by atoms with van der Waals surface area (Å²) in [6.45, 7) is 10.3. The maximum atomic E-state index is 11.9. The third-order valence-corrected chi connectivity index (χ3v) is 3.71. The molecule has 142 valence electrons. The van der Waals surface area contributed by atoms with E-state index in [4.69, 9.17) is 10.5 Å². The van der Waals surface area contributed by atoms with Gasteiger partial charge < -0.3 is 26.0 Å². The number of hydrogen-bond donors (Lipinski definition) is 4. The van der Waals surface area contributed by atoms with Crippen molar-refractivity contribution in [2.45, 2.75) is 65.3 Å². The van der Waals surface area contributed by atoms with Gasteiger partial charge >= 0.3 is 5.97 Å². The normalized spacial score (nSPS) is 14.4. The number of phenols is 1. The van der Waals surface area contributed by atoms with Crippen molar-refractivity contribution in [2.75, 3.05) is 6.54 Å². The second-order valence-corrected chi connectivity index (χ2v) is 7.88. The van der Waals surface area contributed by atoms with Crippen molar-refractivity contribution in [3.05, 3.63) is 29.3 Å². The Hall–Kier alpha value is -1.63. The quantitative estimate of drug-likeness (QED) is 0.535. The van der Waals surface area contributed by atoms with E-state index >= 15 is 0 Å². The molecule has 0 fully saturated rings. The second kappa shape index (κ2) is 9.17. The summed E-state index contributed by atoms with van der Waals surface area (Å²) in [6.07, 6.45) is -0.181. The third kappa shape index (κ3) is 7.86. The number of aliphatic hydroxyl groups is 1. The van der Waals surface area contributed by atoms with Crippen molar-refractivity contribution in [3.8, 4) is 5.75 Å². The molecule has 0 bridgehead atoms. The highest BCUT2D eigenvalue weighted by Gasteiger charge is 2.18. The van der Waals surface area contributed by atoms with Crippen LogP contribution in [0, 0.1) is 5.92 Å². The molecule has 5 N–H and O–H groups in total. The highest BCUT2D eigenvalue weighted by Crippen LogP contribution is 2.23. The smallest absolute Gasteiger partial charge is 0.323 e. The molecular formula is C19H32N2O4. The molecule has 0 aliphatic carbocycles. The number of esters is 1. The third-order valence-electron chi connectivity index (χ3n) is 3.71. The van der Waals surface area contributed by atoms with Gasteiger partial charge in [0.05, 0.1) is 6.10 Å². The predicted octanol–water partition coefficient (Wildman–Crippen LogP) is 2.23. The Kier molecular flexibility index (Phi) is 7.86. The van der Waals surface area contributed by atoms with E-state index in [-0.39, 0.29) is 17.9 Å². The van der Waals surface area contributed by atoms with Gasteiger partial charge in [0.1, 0.15) is 18.4 Å². The van der Waals surface area contributed by atoms with E-state index in [1.54, 1.807) is 12.1 Å². The lowest BCUT2D eigenvalue weighted by molar-refractivity contribution is -0.147. The van der Waals surface area contributed by atoms with Crippen molar-refractivity contribution >= 4 is 5.97 Å². The summed E-state index contributed by atoms with van der Waals surface area (Å²) in [6, 6.07) is 4.12. The minimum atomic E-state index is -0.725. The van der Waals surface area contributed by atoms with Crippen LogP contribution in [0.15, 0.2) is 18.2 Å². The van der Waals surface area contributed by atoms with Gasteiger partial charge in [0.2, 0.25) is 0 Å². The Morgan fingerprint density at radius 3 is 2.52 bits per heavy atom. The van der Waals surface area contributed by atoms with E-state index in [2.05, 4.69) is 5.32 Å². The van der Waals surface area contributed by atoms with E-state index in [0.29, 0.717) is 30.0 Å². The van der Waals surface area contributed by atoms with E-state index in [1.165, 1.54) is 6.07 Å². The molecular weight excluding hydrogens is 320 g/mol. The van der Waals surface area contributed by atoms with Gasteiger partial charge in [-0.25, -0.2) is 0 Å². The van der Waals surface area contributed by atoms with Gasteiger partial charge in [0, 0.05) is 17.6 Å². The minimum absolute atomic E-state index is 0.0185. The first-order valence-electron chi connectivity index (χ1n) is 8.66. The van der Waals surface area contributed by atoms with Gasteiger partial charge in [0.15, 0.2) is 0 Å². The SMILES string of the molecule is CC(C)C[C@H](N)C(=O)OCc1cc(C(O)CNC(C)(C)C)ccc1O. The van der Waals surface area contributed by atoms with Gasteiger partial charge in [-0.1, -0.05) is 19.9 Å². The summed E-state index contributed by atoms with van der Waals surface area (Å²) >= 11 is 0. The van der Waals surface area contributed by atoms with Crippen LogP contribution in [0.25, 0.3) is 0 Å². The minimum Gasteiger partial charge on any atom is -0.508 e. The number of β-amino-alcohol motifs (C(OH)–C–C–N with tert-alkyl or cyclic N) is 1. The van der Waals surface area contributed by atoms with Crippen molar-refractivity contribution in [1.29, 1.82) is 0 Å². The van der Waals surface area contributed by atoms with Crippen molar-refractivity contribution in [1.82, 2.24) is 5.32 Å². The zero-order chi connectivity index (χ0) is 19.2.